The molecular weight excluding hydrogens is 613 g/mol. The summed E-state index contributed by atoms with van der Waals surface area (Å²) < 4.78 is 8.21. The Morgan fingerprint density at radius 1 is 0.189 bits per heavy atom. The molecule has 0 aliphatic carbocycles. The fraction of sp³-hybridized carbons (Fsp3) is 0. The Morgan fingerprint density at radius 2 is 0.324 bits per heavy atom. The number of rotatable bonds is 6. The summed E-state index contributed by atoms with van der Waals surface area (Å²) in [6, 6.07) is 67.9. The summed E-state index contributed by atoms with van der Waals surface area (Å²) in [5.74, 6) is 0. The molecule has 0 spiro atoms. The second kappa shape index (κ2) is 8.87. The van der Waals surface area contributed by atoms with E-state index in [9.17, 15) is 0 Å². The summed E-state index contributed by atoms with van der Waals surface area (Å²) in [6.45, 7) is 0. The summed E-state index contributed by atoms with van der Waals surface area (Å²) in [7, 11) is 0. The Kier molecular flexibility index (Phi) is 5.62. The third kappa shape index (κ3) is 2.68. The van der Waals surface area contributed by atoms with Crippen LogP contribution in [-0.4, -0.2) is 0 Å². The van der Waals surface area contributed by atoms with Gasteiger partial charge in [-0.25, -0.2) is 0 Å². The molecule has 0 atom stereocenters. The zero-order chi connectivity index (χ0) is 25.1. The van der Waals surface area contributed by atoms with Gasteiger partial charge in [0.25, 0.3) is 0 Å². The van der Waals surface area contributed by atoms with Gasteiger partial charge in [0.1, 0.15) is 0 Å². The molecule has 0 amide bonds. The van der Waals surface area contributed by atoms with Crippen molar-refractivity contribution in [3.63, 3.8) is 0 Å². The van der Waals surface area contributed by atoms with E-state index in [1.807, 2.05) is 0 Å². The zero-order valence-corrected chi connectivity index (χ0v) is 24.0. The summed E-state index contributed by atoms with van der Waals surface area (Å²) in [5.41, 5.74) is 0. The van der Waals surface area contributed by atoms with Crippen LogP contribution in [0.5, 0.6) is 0 Å². The van der Waals surface area contributed by atoms with Crippen molar-refractivity contribution < 1.29 is 14.5 Å². The van der Waals surface area contributed by atoms with E-state index in [1.165, 1.54) is 22.7 Å². The molecule has 6 aromatic rings. The summed E-state index contributed by atoms with van der Waals surface area (Å²) >= 11 is -5.90. The second-order valence-electron chi connectivity index (χ2n) is 9.69. The van der Waals surface area contributed by atoms with E-state index >= 15 is 0 Å². The average molecular weight is 644 g/mol. The van der Waals surface area contributed by atoms with Gasteiger partial charge < -0.3 is 0 Å². The van der Waals surface area contributed by atoms with Crippen molar-refractivity contribution >= 4 is 22.7 Å². The first-order valence-corrected chi connectivity index (χ1v) is 22.4. The second-order valence-corrected chi connectivity index (χ2v) is 32.9. The molecule has 0 saturated carbocycles. The summed E-state index contributed by atoms with van der Waals surface area (Å²) in [6.07, 6.45) is 0. The van der Waals surface area contributed by atoms with Crippen LogP contribution in [0.15, 0.2) is 182 Å². The molecule has 0 N–H and O–H groups in total. The van der Waals surface area contributed by atoms with E-state index < -0.39 is 14.5 Å². The molecule has 0 fully saturated rings. The van der Waals surface area contributed by atoms with Gasteiger partial charge in [0.2, 0.25) is 0 Å². The Bertz CT molecular complexity index is 1270. The monoisotopic (exact) mass is 643 g/mol. The molecule has 179 valence electrons. The van der Waals surface area contributed by atoms with Crippen LogP contribution in [0.1, 0.15) is 0 Å². The standard InChI is InChI=1S/6C6H5.Ta/c6*1-2-4-6-5-3-1;/h6*1-5H;. The molecule has 0 aliphatic rings. The molecule has 1 heteroatoms. The third-order valence-electron chi connectivity index (χ3n) is 8.41. The molecule has 0 saturated heterocycles. The van der Waals surface area contributed by atoms with Gasteiger partial charge in [-0.2, -0.15) is 0 Å². The molecule has 0 aliphatic heterocycles. The van der Waals surface area contributed by atoms with E-state index in [4.69, 9.17) is 0 Å². The van der Waals surface area contributed by atoms with Gasteiger partial charge in [-0.1, -0.05) is 0 Å². The molecule has 0 nitrogen and oxygen atoms in total. The Hall–Kier alpha value is -3.94. The Labute approximate surface area is 218 Å². The first-order chi connectivity index (χ1) is 18.3. The molecule has 0 bridgehead atoms. The predicted molar refractivity (Wildman–Crippen MR) is 156 cm³/mol. The van der Waals surface area contributed by atoms with Crippen molar-refractivity contribution in [2.45, 2.75) is 0 Å². The minimum absolute atomic E-state index is 1.37. The third-order valence-corrected chi connectivity index (χ3v) is 42.7. The van der Waals surface area contributed by atoms with Crippen molar-refractivity contribution in [1.29, 1.82) is 0 Å². The quantitative estimate of drug-likeness (QED) is 0.235. The van der Waals surface area contributed by atoms with Crippen LogP contribution >= 0.6 is 0 Å². The van der Waals surface area contributed by atoms with Crippen LogP contribution in [0, 0.1) is 0 Å². The Morgan fingerprint density at radius 3 is 0.459 bits per heavy atom. The normalized spacial score (nSPS) is 13.3. The number of hydrogen-bond donors (Lipinski definition) is 0. The van der Waals surface area contributed by atoms with Gasteiger partial charge in [0.05, 0.1) is 0 Å². The first kappa shape index (κ1) is 23.5. The zero-order valence-electron chi connectivity index (χ0n) is 20.8. The van der Waals surface area contributed by atoms with Crippen LogP contribution in [-0.2, 0) is 14.5 Å². The van der Waals surface area contributed by atoms with Gasteiger partial charge in [-0.15, -0.1) is 0 Å². The van der Waals surface area contributed by atoms with Crippen molar-refractivity contribution in [2.75, 3.05) is 0 Å². The van der Waals surface area contributed by atoms with Crippen LogP contribution in [0.4, 0.5) is 0 Å². The molecule has 0 heterocycles. The Balaban J connectivity index is 2.15. The summed E-state index contributed by atoms with van der Waals surface area (Å²) in [5, 5.41) is 0. The van der Waals surface area contributed by atoms with Crippen LogP contribution in [0.2, 0.25) is 0 Å². The summed E-state index contributed by atoms with van der Waals surface area (Å²) in [4.78, 5) is 0. The first-order valence-electron chi connectivity index (χ1n) is 12.8. The average Bonchev–Trinajstić information content (AvgIpc) is 3.02. The molecular formula is C36H30Ta. The predicted octanol–water partition coefficient (Wildman–Crippen LogP) is 5.16. The van der Waals surface area contributed by atoms with Crippen LogP contribution in [0.25, 0.3) is 0 Å². The topological polar surface area (TPSA) is 0 Å². The molecule has 0 radical (unpaired) electrons. The van der Waals surface area contributed by atoms with Crippen molar-refractivity contribution in [3.05, 3.63) is 182 Å². The van der Waals surface area contributed by atoms with Crippen LogP contribution < -0.4 is 22.7 Å². The number of hydrogen-bond acceptors (Lipinski definition) is 0. The maximum absolute atomic E-state index is 5.90. The van der Waals surface area contributed by atoms with E-state index in [1.54, 1.807) is 0 Å². The fourth-order valence-electron chi connectivity index (χ4n) is 7.04. The van der Waals surface area contributed by atoms with Gasteiger partial charge in [-0.3, -0.25) is 0 Å². The number of benzene rings is 6. The maximum atomic E-state index is 2.38. The molecule has 6 rings (SSSR count). The fourth-order valence-corrected chi connectivity index (χ4v) is 42.9. The molecule has 0 aromatic heterocycles. The minimum atomic E-state index is -5.90. The van der Waals surface area contributed by atoms with E-state index in [2.05, 4.69) is 182 Å². The van der Waals surface area contributed by atoms with E-state index in [0.717, 1.165) is 0 Å². The SMILES string of the molecule is c1cc[c]([Ta]([c]2ccccc2)([c]2ccccc2)([c]2ccccc2)([c]2ccccc2)[c]2ccccc2)cc1. The van der Waals surface area contributed by atoms with Crippen LogP contribution in [0.3, 0.4) is 0 Å². The van der Waals surface area contributed by atoms with Crippen molar-refractivity contribution in [1.82, 2.24) is 0 Å². The molecule has 37 heavy (non-hydrogen) atoms. The van der Waals surface area contributed by atoms with E-state index in [0.29, 0.717) is 0 Å². The van der Waals surface area contributed by atoms with E-state index in [-0.39, 0.29) is 0 Å². The van der Waals surface area contributed by atoms with Gasteiger partial charge in [-0.05, 0) is 0 Å². The van der Waals surface area contributed by atoms with Crippen molar-refractivity contribution in [3.8, 4) is 0 Å². The molecule has 6 aromatic carbocycles. The molecule has 0 unspecified atom stereocenters. The van der Waals surface area contributed by atoms with Gasteiger partial charge in [0, 0.05) is 0 Å². The van der Waals surface area contributed by atoms with Crippen molar-refractivity contribution in [2.24, 2.45) is 0 Å². The van der Waals surface area contributed by atoms with Gasteiger partial charge in [0.15, 0.2) is 0 Å². The van der Waals surface area contributed by atoms with Gasteiger partial charge >= 0.3 is 219 Å².